The van der Waals surface area contributed by atoms with Crippen LogP contribution in [0.5, 0.6) is 5.88 Å². The summed E-state index contributed by atoms with van der Waals surface area (Å²) >= 11 is 1.30. The van der Waals surface area contributed by atoms with E-state index in [0.717, 1.165) is 11.1 Å². The van der Waals surface area contributed by atoms with Gasteiger partial charge in [-0.05, 0) is 56.2 Å². The third-order valence-electron chi connectivity index (χ3n) is 7.45. The highest BCUT2D eigenvalue weighted by molar-refractivity contribution is 7.17. The van der Waals surface area contributed by atoms with E-state index in [1.165, 1.54) is 23.5 Å². The van der Waals surface area contributed by atoms with Crippen LogP contribution in [0, 0.1) is 24.6 Å². The Balaban J connectivity index is 1.18. The summed E-state index contributed by atoms with van der Waals surface area (Å²) in [6, 6.07) is 11.3. The Morgan fingerprint density at radius 3 is 2.41 bits per heavy atom. The van der Waals surface area contributed by atoms with Crippen LogP contribution in [0.4, 0.5) is 9.18 Å². The molecule has 12 heteroatoms. The van der Waals surface area contributed by atoms with Crippen molar-refractivity contribution in [2.75, 3.05) is 13.1 Å². The van der Waals surface area contributed by atoms with E-state index in [0.29, 0.717) is 46.1 Å². The molecule has 0 radical (unpaired) electrons. The molecular weight excluding hydrogens is 547 g/mol. The minimum absolute atomic E-state index is 0.0617. The van der Waals surface area contributed by atoms with Gasteiger partial charge in [-0.15, -0.1) is 11.3 Å². The summed E-state index contributed by atoms with van der Waals surface area (Å²) in [5, 5.41) is 12.4. The SMILES string of the molecule is Cc1nc(-c2ncccn2)sc1C(=O)N1C[C@@H]2C(Oc3cc(-c4ccc(F)cc4)cc(C(C)(C)NC(=O)O)n3)[C@@H]2C1. The minimum atomic E-state index is -1.17. The van der Waals surface area contributed by atoms with E-state index in [1.54, 1.807) is 56.6 Å². The number of aryl methyl sites for hydroxylation is 1. The second kappa shape index (κ2) is 10.2. The van der Waals surface area contributed by atoms with Gasteiger partial charge in [0.15, 0.2) is 10.8 Å². The van der Waals surface area contributed by atoms with Crippen molar-refractivity contribution in [3.05, 3.63) is 76.9 Å². The molecule has 210 valence electrons. The molecule has 0 bridgehead atoms. The lowest BCUT2D eigenvalue weighted by Crippen LogP contribution is -2.40. The summed E-state index contributed by atoms with van der Waals surface area (Å²) in [5.74, 6) is 0.755. The number of nitrogens with zero attached hydrogens (tertiary/aromatic N) is 5. The predicted octanol–water partition coefficient (Wildman–Crippen LogP) is 4.76. The molecule has 1 aromatic carbocycles. The van der Waals surface area contributed by atoms with E-state index in [9.17, 15) is 19.1 Å². The number of ether oxygens (including phenoxy) is 1. The molecule has 1 unspecified atom stereocenters. The number of carbonyl (C=O) groups is 2. The van der Waals surface area contributed by atoms with Gasteiger partial charge in [0.05, 0.1) is 16.9 Å². The third kappa shape index (κ3) is 5.34. The van der Waals surface area contributed by atoms with Crippen LogP contribution in [0.25, 0.3) is 22.0 Å². The van der Waals surface area contributed by atoms with Crippen LogP contribution < -0.4 is 10.1 Å². The average Bonchev–Trinajstić information content (AvgIpc) is 3.26. The molecular formula is C29H27FN6O4S. The Kier molecular flexibility index (Phi) is 6.65. The Morgan fingerprint density at radius 1 is 1.07 bits per heavy atom. The van der Waals surface area contributed by atoms with E-state index < -0.39 is 11.6 Å². The number of likely N-dealkylation sites (tertiary alicyclic amines) is 1. The summed E-state index contributed by atoms with van der Waals surface area (Å²) in [6.07, 6.45) is 2.00. The number of hydrogen-bond donors (Lipinski definition) is 2. The van der Waals surface area contributed by atoms with Crippen LogP contribution in [0.3, 0.4) is 0 Å². The number of carboxylic acid groups (broad SMARTS) is 1. The van der Waals surface area contributed by atoms with Gasteiger partial charge in [-0.1, -0.05) is 12.1 Å². The highest BCUT2D eigenvalue weighted by Crippen LogP contribution is 2.48. The monoisotopic (exact) mass is 574 g/mol. The number of hydrogen-bond acceptors (Lipinski definition) is 8. The number of piperidine rings is 1. The largest absolute Gasteiger partial charge is 0.474 e. The Hall–Kier alpha value is -4.45. The molecule has 4 heterocycles. The first kappa shape index (κ1) is 26.8. The second-order valence-electron chi connectivity index (χ2n) is 10.8. The number of rotatable bonds is 7. The van der Waals surface area contributed by atoms with Gasteiger partial charge in [-0.2, -0.15) is 0 Å². The van der Waals surface area contributed by atoms with Crippen molar-refractivity contribution in [3.63, 3.8) is 0 Å². The first-order valence-corrected chi connectivity index (χ1v) is 13.9. The van der Waals surface area contributed by atoms with Gasteiger partial charge in [-0.25, -0.2) is 29.1 Å². The maximum atomic E-state index is 13.6. The van der Waals surface area contributed by atoms with Crippen molar-refractivity contribution in [3.8, 4) is 27.8 Å². The number of carbonyl (C=O) groups excluding carboxylic acids is 1. The third-order valence-corrected chi connectivity index (χ3v) is 8.59. The summed E-state index contributed by atoms with van der Waals surface area (Å²) in [7, 11) is 0. The summed E-state index contributed by atoms with van der Waals surface area (Å²) in [4.78, 5) is 44.8. The van der Waals surface area contributed by atoms with Gasteiger partial charge in [0.25, 0.3) is 5.91 Å². The first-order chi connectivity index (χ1) is 19.6. The number of fused-ring (bicyclic) bond motifs is 1. The number of benzene rings is 1. The molecule has 1 saturated carbocycles. The lowest BCUT2D eigenvalue weighted by molar-refractivity contribution is 0.0755. The smallest absolute Gasteiger partial charge is 0.405 e. The molecule has 2 aliphatic rings. The fraction of sp³-hybridized carbons (Fsp3) is 0.310. The number of halogens is 1. The van der Waals surface area contributed by atoms with E-state index in [2.05, 4.69) is 25.3 Å². The van der Waals surface area contributed by atoms with Crippen molar-refractivity contribution in [2.24, 2.45) is 11.8 Å². The van der Waals surface area contributed by atoms with E-state index in [4.69, 9.17) is 4.74 Å². The molecule has 2 amide bonds. The Morgan fingerprint density at radius 2 is 1.76 bits per heavy atom. The number of pyridine rings is 1. The minimum Gasteiger partial charge on any atom is -0.474 e. The molecule has 41 heavy (non-hydrogen) atoms. The molecule has 1 aliphatic heterocycles. The zero-order chi connectivity index (χ0) is 28.9. The lowest BCUT2D eigenvalue weighted by atomic mass is 9.96. The predicted molar refractivity (Wildman–Crippen MR) is 149 cm³/mol. The molecule has 6 rings (SSSR count). The van der Waals surface area contributed by atoms with Crippen LogP contribution >= 0.6 is 11.3 Å². The Labute approximate surface area is 239 Å². The van der Waals surface area contributed by atoms with Crippen LogP contribution in [0.1, 0.15) is 34.9 Å². The van der Waals surface area contributed by atoms with E-state index in [1.807, 2.05) is 11.8 Å². The van der Waals surface area contributed by atoms with Gasteiger partial charge < -0.3 is 20.1 Å². The van der Waals surface area contributed by atoms with E-state index in [-0.39, 0.29) is 29.7 Å². The van der Waals surface area contributed by atoms with Gasteiger partial charge >= 0.3 is 6.09 Å². The van der Waals surface area contributed by atoms with Gasteiger partial charge in [0, 0.05) is 43.4 Å². The van der Waals surface area contributed by atoms with Gasteiger partial charge in [0.1, 0.15) is 16.8 Å². The molecule has 3 aromatic heterocycles. The lowest BCUT2D eigenvalue weighted by Gasteiger charge is -2.25. The fourth-order valence-corrected chi connectivity index (χ4v) is 6.20. The van der Waals surface area contributed by atoms with Crippen LogP contribution in [-0.2, 0) is 5.54 Å². The zero-order valence-electron chi connectivity index (χ0n) is 22.5. The second-order valence-corrected chi connectivity index (χ2v) is 11.8. The highest BCUT2D eigenvalue weighted by atomic mass is 32.1. The van der Waals surface area contributed by atoms with Crippen LogP contribution in [0.2, 0.25) is 0 Å². The van der Waals surface area contributed by atoms with Crippen LogP contribution in [0.15, 0.2) is 54.9 Å². The molecule has 0 spiro atoms. The number of aromatic nitrogens is 4. The summed E-state index contributed by atoms with van der Waals surface area (Å²) < 4.78 is 19.9. The molecule has 1 aliphatic carbocycles. The van der Waals surface area contributed by atoms with Gasteiger partial charge in [-0.3, -0.25) is 4.79 Å². The number of thiazole rings is 1. The van der Waals surface area contributed by atoms with Crippen molar-refractivity contribution in [1.82, 2.24) is 30.2 Å². The fourth-order valence-electron chi connectivity index (χ4n) is 5.22. The normalized spacial score (nSPS) is 19.5. The van der Waals surface area contributed by atoms with Crippen molar-refractivity contribution >= 4 is 23.3 Å². The number of nitrogens with one attached hydrogen (secondary N) is 1. The zero-order valence-corrected chi connectivity index (χ0v) is 23.4. The molecule has 3 atom stereocenters. The maximum Gasteiger partial charge on any atom is 0.405 e. The Bertz CT molecular complexity index is 1620. The first-order valence-electron chi connectivity index (χ1n) is 13.1. The average molecular weight is 575 g/mol. The van der Waals surface area contributed by atoms with Crippen LogP contribution in [-0.4, -0.2) is 61.1 Å². The molecule has 2 N–H and O–H groups in total. The summed E-state index contributed by atoms with van der Waals surface area (Å²) in [5.41, 5.74) is 1.60. The molecule has 4 aromatic rings. The molecule has 1 saturated heterocycles. The van der Waals surface area contributed by atoms with Gasteiger partial charge in [0.2, 0.25) is 5.88 Å². The van der Waals surface area contributed by atoms with Crippen molar-refractivity contribution in [1.29, 1.82) is 0 Å². The summed E-state index contributed by atoms with van der Waals surface area (Å²) in [6.45, 7) is 6.36. The van der Waals surface area contributed by atoms with Crippen molar-refractivity contribution < 1.29 is 23.8 Å². The standard InChI is InChI=1S/C29H27FN6O4S/c1-15-24(41-26(33-15)25-31-9-4-10-32-25)27(37)36-13-19-20(14-36)23(19)40-22-12-17(16-5-7-18(30)8-6-16)11-21(34-22)29(2,3)35-28(38)39/h4-12,19-20,23,35H,13-14H2,1-3H3,(H,38,39)/t19-,20+,23?. The molecule has 2 fully saturated rings. The highest BCUT2D eigenvalue weighted by Gasteiger charge is 2.59. The van der Waals surface area contributed by atoms with E-state index >= 15 is 0 Å². The molecule has 10 nitrogen and oxygen atoms in total. The quantitative estimate of drug-likeness (QED) is 0.323. The maximum absolute atomic E-state index is 13.6. The topological polar surface area (TPSA) is 130 Å². The van der Waals surface area contributed by atoms with Crippen molar-refractivity contribution in [2.45, 2.75) is 32.4 Å². The number of amides is 2.